The Hall–Kier alpha value is -2.38. The number of hydrogen-bond acceptors (Lipinski definition) is 6. The van der Waals surface area contributed by atoms with Gasteiger partial charge < -0.3 is 15.5 Å². The SMILES string of the molecule is CCN(C)C(=O)CNc1cc([N+](=O)[O-])cc(NC)n1. The van der Waals surface area contributed by atoms with Gasteiger partial charge in [0.25, 0.3) is 5.69 Å². The number of carbonyl (C=O) groups excluding carboxylic acids is 1. The minimum atomic E-state index is -0.506. The standard InChI is InChI=1S/C11H17N5O3/c1-4-15(3)11(17)7-13-10-6-8(16(18)19)5-9(12-2)14-10/h5-6H,4,7H2,1-3H3,(H2,12,13,14). The minimum absolute atomic E-state index is 0.0433. The van der Waals surface area contributed by atoms with Crippen molar-refractivity contribution < 1.29 is 9.72 Å². The molecule has 8 nitrogen and oxygen atoms in total. The molecule has 0 aliphatic rings. The zero-order valence-electron chi connectivity index (χ0n) is 11.1. The molecule has 1 aromatic heterocycles. The molecule has 0 radical (unpaired) electrons. The molecule has 1 aromatic rings. The van der Waals surface area contributed by atoms with Crippen LogP contribution in [0.25, 0.3) is 0 Å². The summed E-state index contributed by atoms with van der Waals surface area (Å²) in [6, 6.07) is 2.62. The lowest BCUT2D eigenvalue weighted by Crippen LogP contribution is -2.32. The first-order valence-corrected chi connectivity index (χ1v) is 5.80. The molecule has 1 rings (SSSR count). The predicted molar refractivity (Wildman–Crippen MR) is 72.2 cm³/mol. The second-order valence-electron chi connectivity index (χ2n) is 3.86. The van der Waals surface area contributed by atoms with Gasteiger partial charge in [-0.25, -0.2) is 4.98 Å². The van der Waals surface area contributed by atoms with Crippen molar-refractivity contribution in [2.24, 2.45) is 0 Å². The van der Waals surface area contributed by atoms with Crippen LogP contribution in [0.4, 0.5) is 17.3 Å². The molecule has 1 heterocycles. The van der Waals surface area contributed by atoms with Gasteiger partial charge in [-0.3, -0.25) is 14.9 Å². The third-order valence-electron chi connectivity index (χ3n) is 2.60. The van der Waals surface area contributed by atoms with Crippen molar-refractivity contribution in [1.29, 1.82) is 0 Å². The zero-order valence-corrected chi connectivity index (χ0v) is 11.1. The summed E-state index contributed by atoms with van der Waals surface area (Å²) in [4.78, 5) is 27.5. The maximum Gasteiger partial charge on any atom is 0.276 e. The number of nitrogens with one attached hydrogen (secondary N) is 2. The molecular weight excluding hydrogens is 250 g/mol. The number of amides is 1. The highest BCUT2D eigenvalue weighted by molar-refractivity contribution is 5.80. The molecule has 0 aromatic carbocycles. The fourth-order valence-electron chi connectivity index (χ4n) is 1.32. The number of aromatic nitrogens is 1. The normalized spacial score (nSPS) is 9.84. The van der Waals surface area contributed by atoms with E-state index >= 15 is 0 Å². The van der Waals surface area contributed by atoms with Gasteiger partial charge in [-0.05, 0) is 6.92 Å². The van der Waals surface area contributed by atoms with Crippen LogP contribution in [0, 0.1) is 10.1 Å². The van der Waals surface area contributed by atoms with Crippen molar-refractivity contribution in [2.75, 3.05) is 37.8 Å². The molecule has 1 amide bonds. The smallest absolute Gasteiger partial charge is 0.276 e. The highest BCUT2D eigenvalue weighted by atomic mass is 16.6. The summed E-state index contributed by atoms with van der Waals surface area (Å²) in [5.74, 6) is 0.547. The molecule has 0 bridgehead atoms. The monoisotopic (exact) mass is 267 g/mol. The van der Waals surface area contributed by atoms with Crippen molar-refractivity contribution in [3.63, 3.8) is 0 Å². The molecule has 0 saturated carbocycles. The van der Waals surface area contributed by atoms with Gasteiger partial charge in [-0.15, -0.1) is 0 Å². The Morgan fingerprint density at radius 2 is 2.11 bits per heavy atom. The molecule has 2 N–H and O–H groups in total. The van der Waals surface area contributed by atoms with E-state index in [2.05, 4.69) is 15.6 Å². The Labute approximate surface area is 111 Å². The number of carbonyl (C=O) groups is 1. The number of nitro groups is 1. The summed E-state index contributed by atoms with van der Waals surface area (Å²) in [5, 5.41) is 16.3. The van der Waals surface area contributed by atoms with Crippen molar-refractivity contribution in [1.82, 2.24) is 9.88 Å². The van der Waals surface area contributed by atoms with Gasteiger partial charge in [0.05, 0.1) is 23.6 Å². The van der Waals surface area contributed by atoms with Gasteiger partial charge in [-0.2, -0.15) is 0 Å². The Balaban J connectivity index is 2.80. The first kappa shape index (κ1) is 14.7. The van der Waals surface area contributed by atoms with E-state index in [0.29, 0.717) is 12.4 Å². The lowest BCUT2D eigenvalue weighted by molar-refractivity contribution is -0.384. The van der Waals surface area contributed by atoms with E-state index in [1.54, 1.807) is 19.0 Å². The zero-order chi connectivity index (χ0) is 14.4. The Kier molecular flexibility index (Phi) is 5.04. The van der Waals surface area contributed by atoms with Gasteiger partial charge in [0.15, 0.2) is 0 Å². The number of likely N-dealkylation sites (N-methyl/N-ethyl adjacent to an activating group) is 1. The Morgan fingerprint density at radius 3 is 2.63 bits per heavy atom. The summed E-state index contributed by atoms with van der Waals surface area (Å²) in [5.41, 5.74) is -0.0851. The van der Waals surface area contributed by atoms with E-state index in [1.165, 1.54) is 12.1 Å². The molecule has 0 aliphatic carbocycles. The van der Waals surface area contributed by atoms with Crippen LogP contribution < -0.4 is 10.6 Å². The molecule has 0 spiro atoms. The average Bonchev–Trinajstić information content (AvgIpc) is 2.43. The van der Waals surface area contributed by atoms with Crippen LogP contribution in [0.1, 0.15) is 6.92 Å². The van der Waals surface area contributed by atoms with Crippen LogP contribution in [0.5, 0.6) is 0 Å². The van der Waals surface area contributed by atoms with Gasteiger partial charge in [0, 0.05) is 20.6 Å². The fraction of sp³-hybridized carbons (Fsp3) is 0.455. The van der Waals surface area contributed by atoms with E-state index in [-0.39, 0.29) is 24.0 Å². The lowest BCUT2D eigenvalue weighted by Gasteiger charge is -2.15. The van der Waals surface area contributed by atoms with Crippen molar-refractivity contribution in [3.05, 3.63) is 22.2 Å². The van der Waals surface area contributed by atoms with E-state index in [1.807, 2.05) is 6.92 Å². The molecular formula is C11H17N5O3. The van der Waals surface area contributed by atoms with Crippen molar-refractivity contribution >= 4 is 23.2 Å². The summed E-state index contributed by atoms with van der Waals surface area (Å²) in [6.07, 6.45) is 0. The largest absolute Gasteiger partial charge is 0.373 e. The number of nitrogens with zero attached hydrogens (tertiary/aromatic N) is 3. The molecule has 0 atom stereocenters. The highest BCUT2D eigenvalue weighted by Gasteiger charge is 2.12. The van der Waals surface area contributed by atoms with Crippen LogP contribution in [0.15, 0.2) is 12.1 Å². The van der Waals surface area contributed by atoms with E-state index in [4.69, 9.17) is 0 Å². The molecule has 19 heavy (non-hydrogen) atoms. The third kappa shape index (κ3) is 4.09. The van der Waals surface area contributed by atoms with Crippen LogP contribution in [0.3, 0.4) is 0 Å². The molecule has 0 saturated heterocycles. The quantitative estimate of drug-likeness (QED) is 0.587. The van der Waals surface area contributed by atoms with Crippen LogP contribution in [-0.2, 0) is 4.79 Å². The molecule has 104 valence electrons. The minimum Gasteiger partial charge on any atom is -0.373 e. The Morgan fingerprint density at radius 1 is 1.47 bits per heavy atom. The summed E-state index contributed by atoms with van der Waals surface area (Å²) < 4.78 is 0. The average molecular weight is 267 g/mol. The van der Waals surface area contributed by atoms with E-state index in [0.717, 1.165) is 0 Å². The van der Waals surface area contributed by atoms with Gasteiger partial charge in [0.1, 0.15) is 11.6 Å². The maximum atomic E-state index is 11.6. The van der Waals surface area contributed by atoms with Gasteiger partial charge in [0.2, 0.25) is 5.91 Å². The van der Waals surface area contributed by atoms with E-state index in [9.17, 15) is 14.9 Å². The van der Waals surface area contributed by atoms with Gasteiger partial charge in [-0.1, -0.05) is 0 Å². The maximum absolute atomic E-state index is 11.6. The number of anilines is 2. The first-order chi connectivity index (χ1) is 8.97. The summed E-state index contributed by atoms with van der Waals surface area (Å²) >= 11 is 0. The van der Waals surface area contributed by atoms with Crippen LogP contribution >= 0.6 is 0 Å². The first-order valence-electron chi connectivity index (χ1n) is 5.80. The summed E-state index contributed by atoms with van der Waals surface area (Å²) in [6.45, 7) is 2.51. The molecule has 0 unspecified atom stereocenters. The van der Waals surface area contributed by atoms with E-state index < -0.39 is 4.92 Å². The van der Waals surface area contributed by atoms with Crippen molar-refractivity contribution in [2.45, 2.75) is 6.92 Å². The fourth-order valence-corrected chi connectivity index (χ4v) is 1.32. The van der Waals surface area contributed by atoms with Crippen LogP contribution in [0.2, 0.25) is 0 Å². The molecule has 0 aliphatic heterocycles. The third-order valence-corrected chi connectivity index (χ3v) is 2.60. The summed E-state index contributed by atoms with van der Waals surface area (Å²) in [7, 11) is 3.30. The molecule has 0 fully saturated rings. The van der Waals surface area contributed by atoms with Crippen LogP contribution in [-0.4, -0.2) is 47.9 Å². The second-order valence-corrected chi connectivity index (χ2v) is 3.86. The Bertz CT molecular complexity index is 477. The predicted octanol–water partition coefficient (Wildman–Crippen LogP) is 0.922. The number of rotatable bonds is 6. The highest BCUT2D eigenvalue weighted by Crippen LogP contribution is 2.20. The lowest BCUT2D eigenvalue weighted by atomic mass is 10.3. The van der Waals surface area contributed by atoms with Crippen molar-refractivity contribution in [3.8, 4) is 0 Å². The number of pyridine rings is 1. The topological polar surface area (TPSA) is 100 Å². The molecule has 8 heteroatoms. The van der Waals surface area contributed by atoms with Gasteiger partial charge >= 0.3 is 0 Å². The number of hydrogen-bond donors (Lipinski definition) is 2. The second kappa shape index (κ2) is 6.53.